The normalized spacial score (nSPS) is 11.6. The average Bonchev–Trinajstić information content (AvgIpc) is 2.27. The Kier molecular flexibility index (Phi) is 5.52. The smallest absolute Gasteiger partial charge is 0.181 e. The molecule has 0 aromatic carbocycles. The molecule has 0 atom stereocenters. The lowest BCUT2D eigenvalue weighted by Crippen LogP contribution is -2.05. The van der Waals surface area contributed by atoms with Crippen molar-refractivity contribution in [3.63, 3.8) is 0 Å². The monoisotopic (exact) mass is 247 g/mol. The molecule has 0 N–H and O–H groups in total. The summed E-state index contributed by atoms with van der Waals surface area (Å²) in [5.41, 5.74) is 2.11. The van der Waals surface area contributed by atoms with Crippen LogP contribution in [0.15, 0.2) is 18.3 Å². The van der Waals surface area contributed by atoms with Gasteiger partial charge in [-0.2, -0.15) is 0 Å². The van der Waals surface area contributed by atoms with Crippen molar-refractivity contribution in [1.29, 1.82) is 0 Å². The molecule has 0 aliphatic carbocycles. The van der Waals surface area contributed by atoms with E-state index in [1.54, 1.807) is 6.20 Å². The third kappa shape index (κ3) is 5.95. The van der Waals surface area contributed by atoms with Crippen molar-refractivity contribution in [3.8, 4) is 0 Å². The number of Topliss-reactive ketones (excluding diaryl/α,β-unsaturated/α-hetero) is 1. The van der Waals surface area contributed by atoms with Gasteiger partial charge in [0.25, 0.3) is 0 Å². The fraction of sp³-hybridized carbons (Fsp3) is 0.625. The molecule has 1 aromatic heterocycles. The van der Waals surface area contributed by atoms with Crippen LogP contribution in [-0.4, -0.2) is 10.8 Å². The Balaban J connectivity index is 2.24. The molecule has 0 radical (unpaired) electrons. The van der Waals surface area contributed by atoms with Gasteiger partial charge in [-0.15, -0.1) is 0 Å². The largest absolute Gasteiger partial charge is 0.292 e. The molecule has 0 saturated carbocycles. The molecule has 18 heavy (non-hydrogen) atoms. The first-order chi connectivity index (χ1) is 8.38. The lowest BCUT2D eigenvalue weighted by atomic mass is 9.89. The van der Waals surface area contributed by atoms with Crippen LogP contribution in [0.3, 0.4) is 0 Å². The van der Waals surface area contributed by atoms with Gasteiger partial charge < -0.3 is 0 Å². The maximum Gasteiger partial charge on any atom is 0.181 e. The van der Waals surface area contributed by atoms with Crippen molar-refractivity contribution in [3.05, 3.63) is 29.6 Å². The molecule has 1 aromatic rings. The Morgan fingerprint density at radius 2 is 1.89 bits per heavy atom. The molecule has 0 amide bonds. The molecule has 0 bridgehead atoms. The van der Waals surface area contributed by atoms with E-state index < -0.39 is 0 Å². The first-order valence-electron chi connectivity index (χ1n) is 6.84. The zero-order valence-electron chi connectivity index (χ0n) is 12.1. The second-order valence-electron chi connectivity index (χ2n) is 6.27. The molecule has 0 aliphatic rings. The predicted octanol–water partition coefficient (Wildman–Crippen LogP) is 4.57. The summed E-state index contributed by atoms with van der Waals surface area (Å²) in [5.74, 6) is 0.172. The number of carbonyl (C=O) groups excluding carboxylic acids is 1. The van der Waals surface area contributed by atoms with Crippen LogP contribution in [0.4, 0.5) is 0 Å². The van der Waals surface area contributed by atoms with E-state index >= 15 is 0 Å². The highest BCUT2D eigenvalue weighted by atomic mass is 16.1. The van der Waals surface area contributed by atoms with Crippen LogP contribution in [-0.2, 0) is 0 Å². The SMILES string of the molecule is Cc1ccc(C(=O)CCCCCC(C)(C)C)nc1. The van der Waals surface area contributed by atoms with Crippen molar-refractivity contribution < 1.29 is 4.79 Å². The van der Waals surface area contributed by atoms with Gasteiger partial charge in [0, 0.05) is 12.6 Å². The second-order valence-corrected chi connectivity index (χ2v) is 6.27. The molecule has 0 fully saturated rings. The number of unbranched alkanes of at least 4 members (excludes halogenated alkanes) is 2. The molecular weight excluding hydrogens is 222 g/mol. The minimum Gasteiger partial charge on any atom is -0.292 e. The van der Waals surface area contributed by atoms with Crippen LogP contribution in [0.2, 0.25) is 0 Å². The molecule has 0 spiro atoms. The minimum absolute atomic E-state index is 0.172. The summed E-state index contributed by atoms with van der Waals surface area (Å²) in [7, 11) is 0. The fourth-order valence-electron chi connectivity index (χ4n) is 1.88. The summed E-state index contributed by atoms with van der Waals surface area (Å²) < 4.78 is 0. The van der Waals surface area contributed by atoms with E-state index in [4.69, 9.17) is 0 Å². The van der Waals surface area contributed by atoms with Crippen molar-refractivity contribution in [2.24, 2.45) is 5.41 Å². The van der Waals surface area contributed by atoms with Gasteiger partial charge in [-0.25, -0.2) is 0 Å². The molecule has 0 saturated heterocycles. The van der Waals surface area contributed by atoms with Gasteiger partial charge in [-0.05, 0) is 36.8 Å². The van der Waals surface area contributed by atoms with Crippen molar-refractivity contribution in [2.45, 2.75) is 59.8 Å². The number of hydrogen-bond acceptors (Lipinski definition) is 2. The molecule has 0 aliphatic heterocycles. The maximum absolute atomic E-state index is 11.9. The summed E-state index contributed by atoms with van der Waals surface area (Å²) in [4.78, 5) is 16.0. The molecule has 0 unspecified atom stereocenters. The van der Waals surface area contributed by atoms with E-state index in [-0.39, 0.29) is 5.78 Å². The molecule has 1 rings (SSSR count). The van der Waals surface area contributed by atoms with E-state index in [0.717, 1.165) is 18.4 Å². The quantitative estimate of drug-likeness (QED) is 0.544. The number of nitrogens with zero attached hydrogens (tertiary/aromatic N) is 1. The highest BCUT2D eigenvalue weighted by Crippen LogP contribution is 2.22. The van der Waals surface area contributed by atoms with Gasteiger partial charge in [-0.3, -0.25) is 9.78 Å². The first kappa shape index (κ1) is 14.9. The molecule has 2 nitrogen and oxygen atoms in total. The third-order valence-electron chi connectivity index (χ3n) is 3.03. The number of ketones is 1. The number of aromatic nitrogens is 1. The second kappa shape index (κ2) is 6.67. The Bertz CT molecular complexity index is 373. The lowest BCUT2D eigenvalue weighted by Gasteiger charge is -2.17. The van der Waals surface area contributed by atoms with Crippen LogP contribution < -0.4 is 0 Å². The molecule has 2 heteroatoms. The number of rotatable bonds is 6. The highest BCUT2D eigenvalue weighted by Gasteiger charge is 2.10. The van der Waals surface area contributed by atoms with E-state index in [1.165, 1.54) is 12.8 Å². The standard InChI is InChI=1S/C16H25NO/c1-13-9-10-14(17-12-13)15(18)8-6-5-7-11-16(2,3)4/h9-10,12H,5-8,11H2,1-4H3. The molecule has 100 valence electrons. The van der Waals surface area contributed by atoms with E-state index in [1.807, 2.05) is 19.1 Å². The number of hydrogen-bond donors (Lipinski definition) is 0. The Morgan fingerprint density at radius 1 is 1.17 bits per heavy atom. The summed E-state index contributed by atoms with van der Waals surface area (Å²) in [6, 6.07) is 3.77. The summed E-state index contributed by atoms with van der Waals surface area (Å²) in [5, 5.41) is 0. The number of aryl methyl sites for hydroxylation is 1. The fourth-order valence-corrected chi connectivity index (χ4v) is 1.88. The average molecular weight is 247 g/mol. The van der Waals surface area contributed by atoms with Crippen LogP contribution >= 0.6 is 0 Å². The van der Waals surface area contributed by atoms with Gasteiger partial charge in [0.05, 0.1) is 0 Å². The van der Waals surface area contributed by atoms with Crippen molar-refractivity contribution in [1.82, 2.24) is 4.98 Å². The predicted molar refractivity (Wildman–Crippen MR) is 75.8 cm³/mol. The van der Waals surface area contributed by atoms with Gasteiger partial charge in [-0.1, -0.05) is 39.7 Å². The Labute approximate surface area is 111 Å². The molecular formula is C16H25NO. The van der Waals surface area contributed by atoms with Crippen LogP contribution in [0.25, 0.3) is 0 Å². The summed E-state index contributed by atoms with van der Waals surface area (Å²) >= 11 is 0. The van der Waals surface area contributed by atoms with Crippen molar-refractivity contribution >= 4 is 5.78 Å². The van der Waals surface area contributed by atoms with E-state index in [9.17, 15) is 4.79 Å². The Hall–Kier alpha value is -1.18. The topological polar surface area (TPSA) is 30.0 Å². The van der Waals surface area contributed by atoms with Crippen LogP contribution in [0.5, 0.6) is 0 Å². The number of pyridine rings is 1. The third-order valence-corrected chi connectivity index (χ3v) is 3.03. The summed E-state index contributed by atoms with van der Waals surface area (Å²) in [6.07, 6.45) is 6.93. The zero-order valence-corrected chi connectivity index (χ0v) is 12.1. The van der Waals surface area contributed by atoms with Crippen LogP contribution in [0.1, 0.15) is 68.9 Å². The first-order valence-corrected chi connectivity index (χ1v) is 6.84. The minimum atomic E-state index is 0.172. The van der Waals surface area contributed by atoms with Gasteiger partial charge in [0.1, 0.15) is 5.69 Å². The van der Waals surface area contributed by atoms with E-state index in [2.05, 4.69) is 25.8 Å². The zero-order chi connectivity index (χ0) is 13.6. The van der Waals surface area contributed by atoms with Crippen LogP contribution in [0, 0.1) is 12.3 Å². The molecule has 1 heterocycles. The summed E-state index contributed by atoms with van der Waals surface area (Å²) in [6.45, 7) is 8.75. The van der Waals surface area contributed by atoms with E-state index in [0.29, 0.717) is 17.5 Å². The van der Waals surface area contributed by atoms with Gasteiger partial charge >= 0.3 is 0 Å². The lowest BCUT2D eigenvalue weighted by molar-refractivity contribution is 0.0974. The Morgan fingerprint density at radius 3 is 2.44 bits per heavy atom. The maximum atomic E-state index is 11.9. The number of carbonyl (C=O) groups is 1. The highest BCUT2D eigenvalue weighted by molar-refractivity contribution is 5.94. The van der Waals surface area contributed by atoms with Crippen molar-refractivity contribution in [2.75, 3.05) is 0 Å². The van der Waals surface area contributed by atoms with Gasteiger partial charge in [0.2, 0.25) is 0 Å². The van der Waals surface area contributed by atoms with Gasteiger partial charge in [0.15, 0.2) is 5.78 Å².